The number of benzene rings is 1. The molecule has 3 rings (SSSR count). The highest BCUT2D eigenvalue weighted by molar-refractivity contribution is 7.99. The lowest BCUT2D eigenvalue weighted by atomic mass is 9.87. The summed E-state index contributed by atoms with van der Waals surface area (Å²) in [6.45, 7) is 2.26. The van der Waals surface area contributed by atoms with Gasteiger partial charge in [0.15, 0.2) is 0 Å². The molecule has 1 aromatic heterocycles. The maximum absolute atomic E-state index is 13.7. The quantitative estimate of drug-likeness (QED) is 0.752. The second-order valence-electron chi connectivity index (χ2n) is 6.56. The molecule has 1 aliphatic carbocycles. The lowest BCUT2D eigenvalue weighted by Crippen LogP contribution is -2.40. The van der Waals surface area contributed by atoms with Crippen molar-refractivity contribution in [2.45, 2.75) is 43.9 Å². The number of hydrogen-bond donors (Lipinski definition) is 0. The maximum Gasteiger partial charge on any atom is 0.277 e. The summed E-state index contributed by atoms with van der Waals surface area (Å²) < 4.78 is 19.2. The molecule has 1 fully saturated rings. The normalized spacial score (nSPS) is 20.4. The van der Waals surface area contributed by atoms with Crippen molar-refractivity contribution in [2.75, 3.05) is 12.8 Å². The van der Waals surface area contributed by atoms with E-state index < -0.39 is 5.82 Å². The summed E-state index contributed by atoms with van der Waals surface area (Å²) in [5.41, 5.74) is 0.265. The Morgan fingerprint density at radius 1 is 1.28 bits per heavy atom. The third kappa shape index (κ3) is 4.39. The van der Waals surface area contributed by atoms with Gasteiger partial charge in [-0.1, -0.05) is 30.8 Å². The Hall–Kier alpha value is -1.89. The molecule has 2 aromatic rings. The molecule has 0 spiro atoms. The smallest absolute Gasteiger partial charge is 0.277 e. The summed E-state index contributed by atoms with van der Waals surface area (Å²) in [5, 5.41) is 8.04. The van der Waals surface area contributed by atoms with Crippen molar-refractivity contribution in [3.05, 3.63) is 30.1 Å². The van der Waals surface area contributed by atoms with Crippen molar-refractivity contribution in [1.29, 1.82) is 0 Å². The number of rotatable bonds is 5. The fourth-order valence-electron chi connectivity index (χ4n) is 3.07. The number of thioether (sulfide) groups is 1. The van der Waals surface area contributed by atoms with Crippen molar-refractivity contribution in [1.82, 2.24) is 15.1 Å². The summed E-state index contributed by atoms with van der Waals surface area (Å²) in [7, 11) is 1.86. The van der Waals surface area contributed by atoms with Gasteiger partial charge in [0, 0.05) is 13.1 Å². The van der Waals surface area contributed by atoms with Crippen LogP contribution < -0.4 is 0 Å². The molecule has 1 amide bonds. The third-order valence-corrected chi connectivity index (χ3v) is 5.56. The van der Waals surface area contributed by atoms with Crippen molar-refractivity contribution < 1.29 is 13.6 Å². The van der Waals surface area contributed by atoms with Crippen LogP contribution in [0.1, 0.15) is 32.6 Å². The fourth-order valence-corrected chi connectivity index (χ4v) is 3.76. The molecule has 0 N–H and O–H groups in total. The Balaban J connectivity index is 1.55. The monoisotopic (exact) mass is 363 g/mol. The van der Waals surface area contributed by atoms with Crippen LogP contribution in [0.5, 0.6) is 0 Å². The average Bonchev–Trinajstić information content (AvgIpc) is 3.09. The Morgan fingerprint density at radius 3 is 2.72 bits per heavy atom. The molecule has 0 aliphatic heterocycles. The van der Waals surface area contributed by atoms with Crippen LogP contribution in [0.4, 0.5) is 4.39 Å². The van der Waals surface area contributed by atoms with E-state index in [1.165, 1.54) is 30.7 Å². The highest BCUT2D eigenvalue weighted by Crippen LogP contribution is 2.28. The van der Waals surface area contributed by atoms with Crippen LogP contribution in [0.15, 0.2) is 33.9 Å². The van der Waals surface area contributed by atoms with E-state index in [0.29, 0.717) is 6.04 Å². The second-order valence-corrected chi connectivity index (χ2v) is 7.49. The predicted molar refractivity (Wildman–Crippen MR) is 94.6 cm³/mol. The molecule has 25 heavy (non-hydrogen) atoms. The molecule has 0 bridgehead atoms. The van der Waals surface area contributed by atoms with Gasteiger partial charge in [-0.05, 0) is 43.7 Å². The summed E-state index contributed by atoms with van der Waals surface area (Å²) in [6.07, 6.45) is 4.47. The van der Waals surface area contributed by atoms with Crippen molar-refractivity contribution in [3.8, 4) is 11.5 Å². The van der Waals surface area contributed by atoms with Gasteiger partial charge >= 0.3 is 0 Å². The van der Waals surface area contributed by atoms with Gasteiger partial charge in [0.25, 0.3) is 11.1 Å². The molecule has 1 heterocycles. The summed E-state index contributed by atoms with van der Waals surface area (Å²) in [4.78, 5) is 14.2. The van der Waals surface area contributed by atoms with Gasteiger partial charge in [0.1, 0.15) is 5.82 Å². The third-order valence-electron chi connectivity index (χ3n) is 4.76. The van der Waals surface area contributed by atoms with Gasteiger partial charge in [-0.2, -0.15) is 0 Å². The fraction of sp³-hybridized carbons (Fsp3) is 0.500. The Labute approximate surface area is 151 Å². The molecule has 5 nitrogen and oxygen atoms in total. The molecule has 134 valence electrons. The molecular weight excluding hydrogens is 341 g/mol. The van der Waals surface area contributed by atoms with Gasteiger partial charge in [-0.3, -0.25) is 4.79 Å². The molecule has 1 aliphatic rings. The standard InChI is InChI=1S/C18H22FN3O2S/c1-12-7-9-13(10-8-12)22(2)16(23)11-25-18-21-20-17(24-18)14-5-3-4-6-15(14)19/h3-6,12-13H,7-11H2,1-2H3. The maximum atomic E-state index is 13.7. The molecular formula is C18H22FN3O2S. The van der Waals surface area contributed by atoms with Crippen LogP contribution in [0.25, 0.3) is 11.5 Å². The van der Waals surface area contributed by atoms with E-state index >= 15 is 0 Å². The average molecular weight is 363 g/mol. The number of aromatic nitrogens is 2. The van der Waals surface area contributed by atoms with Crippen LogP contribution in [0.3, 0.4) is 0 Å². The zero-order chi connectivity index (χ0) is 17.8. The molecule has 0 unspecified atom stereocenters. The molecule has 0 atom stereocenters. The minimum Gasteiger partial charge on any atom is -0.411 e. The molecule has 0 saturated heterocycles. The Kier molecular flexibility index (Phi) is 5.73. The first-order valence-corrected chi connectivity index (χ1v) is 9.50. The predicted octanol–water partition coefficient (Wildman–Crippen LogP) is 4.00. The minimum absolute atomic E-state index is 0.0511. The zero-order valence-electron chi connectivity index (χ0n) is 14.4. The molecule has 1 aromatic carbocycles. The van der Waals surface area contributed by atoms with Crippen LogP contribution in [-0.4, -0.2) is 39.8 Å². The van der Waals surface area contributed by atoms with E-state index in [0.717, 1.165) is 18.8 Å². The second kappa shape index (κ2) is 7.99. The van der Waals surface area contributed by atoms with Gasteiger partial charge < -0.3 is 9.32 Å². The van der Waals surface area contributed by atoms with Gasteiger partial charge in [-0.15, -0.1) is 10.2 Å². The van der Waals surface area contributed by atoms with E-state index in [4.69, 9.17) is 4.42 Å². The molecule has 1 saturated carbocycles. The van der Waals surface area contributed by atoms with E-state index in [-0.39, 0.29) is 28.3 Å². The topological polar surface area (TPSA) is 59.2 Å². The zero-order valence-corrected chi connectivity index (χ0v) is 15.3. The van der Waals surface area contributed by atoms with Crippen molar-refractivity contribution in [3.63, 3.8) is 0 Å². The Morgan fingerprint density at radius 2 is 2.00 bits per heavy atom. The van der Waals surface area contributed by atoms with Crippen molar-refractivity contribution >= 4 is 17.7 Å². The molecule has 7 heteroatoms. The van der Waals surface area contributed by atoms with Crippen molar-refractivity contribution in [2.24, 2.45) is 5.92 Å². The number of halogens is 1. The first-order chi connectivity index (χ1) is 12.0. The van der Waals surface area contributed by atoms with Crippen LogP contribution >= 0.6 is 11.8 Å². The minimum atomic E-state index is -0.412. The number of hydrogen-bond acceptors (Lipinski definition) is 5. The van der Waals surface area contributed by atoms with E-state index in [1.807, 2.05) is 11.9 Å². The van der Waals surface area contributed by atoms with Gasteiger partial charge in [0.05, 0.1) is 11.3 Å². The summed E-state index contributed by atoms with van der Waals surface area (Å²) in [5.74, 6) is 0.758. The highest BCUT2D eigenvalue weighted by Gasteiger charge is 2.25. The number of amides is 1. The van der Waals surface area contributed by atoms with Gasteiger partial charge in [0.2, 0.25) is 5.91 Å². The number of carbonyl (C=O) groups is 1. The van der Waals surface area contributed by atoms with E-state index in [1.54, 1.807) is 18.2 Å². The summed E-state index contributed by atoms with van der Waals surface area (Å²) >= 11 is 1.19. The first kappa shape index (κ1) is 17.9. The highest BCUT2D eigenvalue weighted by atomic mass is 32.2. The number of nitrogens with zero attached hydrogens (tertiary/aromatic N) is 3. The lowest BCUT2D eigenvalue weighted by molar-refractivity contribution is -0.129. The number of carbonyl (C=O) groups excluding carboxylic acids is 1. The Bertz CT molecular complexity index is 729. The molecule has 0 radical (unpaired) electrons. The lowest BCUT2D eigenvalue weighted by Gasteiger charge is -2.33. The van der Waals surface area contributed by atoms with Gasteiger partial charge in [-0.25, -0.2) is 4.39 Å². The largest absolute Gasteiger partial charge is 0.411 e. The van der Waals surface area contributed by atoms with Crippen LogP contribution in [-0.2, 0) is 4.79 Å². The van der Waals surface area contributed by atoms with Crippen LogP contribution in [0.2, 0.25) is 0 Å². The van der Waals surface area contributed by atoms with E-state index in [2.05, 4.69) is 17.1 Å². The first-order valence-electron chi connectivity index (χ1n) is 8.51. The van der Waals surface area contributed by atoms with Crippen LogP contribution in [0, 0.1) is 11.7 Å². The van der Waals surface area contributed by atoms with E-state index in [9.17, 15) is 9.18 Å². The summed E-state index contributed by atoms with van der Waals surface area (Å²) in [6, 6.07) is 6.56. The SMILES string of the molecule is CC1CCC(N(C)C(=O)CSc2nnc(-c3ccccc3F)o2)CC1.